The zero-order valence-electron chi connectivity index (χ0n) is 17.3. The third-order valence-electron chi connectivity index (χ3n) is 5.36. The van der Waals surface area contributed by atoms with Crippen molar-refractivity contribution in [2.75, 3.05) is 18.0 Å². The highest BCUT2D eigenvalue weighted by Crippen LogP contribution is 2.35. The van der Waals surface area contributed by atoms with Crippen molar-refractivity contribution in [3.8, 4) is 11.3 Å². The molecule has 3 aromatic rings. The molecule has 0 spiro atoms. The molecule has 1 aliphatic carbocycles. The molecule has 2 heterocycles. The topological polar surface area (TPSA) is 75.4 Å². The molecule has 0 bridgehead atoms. The maximum atomic E-state index is 12.3. The third kappa shape index (κ3) is 5.33. The average Bonchev–Trinajstić information content (AvgIpc) is 3.44. The molecule has 31 heavy (non-hydrogen) atoms. The van der Waals surface area contributed by atoms with Gasteiger partial charge in [-0.05, 0) is 61.1 Å². The number of pyridine rings is 1. The van der Waals surface area contributed by atoms with Crippen molar-refractivity contribution in [2.24, 2.45) is 5.92 Å². The first-order valence-electron chi connectivity index (χ1n) is 10.3. The quantitative estimate of drug-likeness (QED) is 0.552. The monoisotopic (exact) mass is 437 g/mol. The van der Waals surface area contributed by atoms with E-state index in [0.717, 1.165) is 29.7 Å². The summed E-state index contributed by atoms with van der Waals surface area (Å²) in [5.41, 5.74) is 3.79. The lowest BCUT2D eigenvalue weighted by atomic mass is 10.1. The van der Waals surface area contributed by atoms with Crippen molar-refractivity contribution in [1.29, 1.82) is 0 Å². The van der Waals surface area contributed by atoms with Crippen LogP contribution in [-0.2, 0) is 11.2 Å². The highest BCUT2D eigenvalue weighted by Gasteiger charge is 2.27. The Bertz CT molecular complexity index is 1060. The van der Waals surface area contributed by atoms with Gasteiger partial charge in [0.1, 0.15) is 0 Å². The number of aromatic nitrogens is 1. The molecule has 1 N–H and O–H groups in total. The fourth-order valence-corrected chi connectivity index (χ4v) is 3.68. The standard InChI is InChI=1S/C24H24ClN3O3/c1-16(29)28(14-17-2-3-17)23-7-5-19(12-21(23)25)22-6-4-20(13-27-22)24(30)26-10-8-18-9-11-31-15-18/h4-7,9,11-13,15,17H,2-3,8,10,14H2,1H3,(H,26,30). The van der Waals surface area contributed by atoms with Crippen LogP contribution in [0.4, 0.5) is 5.69 Å². The summed E-state index contributed by atoms with van der Waals surface area (Å²) in [7, 11) is 0. The zero-order valence-corrected chi connectivity index (χ0v) is 18.1. The Kier molecular flexibility index (Phi) is 6.37. The molecule has 0 saturated heterocycles. The Morgan fingerprint density at radius 2 is 2.06 bits per heavy atom. The van der Waals surface area contributed by atoms with Gasteiger partial charge in [0.15, 0.2) is 0 Å². The molecule has 0 radical (unpaired) electrons. The minimum absolute atomic E-state index is 0.0113. The number of nitrogens with zero attached hydrogens (tertiary/aromatic N) is 2. The van der Waals surface area contributed by atoms with Gasteiger partial charge in [0.05, 0.1) is 34.5 Å². The van der Waals surface area contributed by atoms with Gasteiger partial charge in [0.25, 0.3) is 5.91 Å². The summed E-state index contributed by atoms with van der Waals surface area (Å²) in [5, 5.41) is 3.39. The molecule has 2 amide bonds. The Morgan fingerprint density at radius 3 is 2.68 bits per heavy atom. The summed E-state index contributed by atoms with van der Waals surface area (Å²) in [5.74, 6) is 0.385. The number of halogens is 1. The molecular weight excluding hydrogens is 414 g/mol. The minimum atomic E-state index is -0.173. The SMILES string of the molecule is CC(=O)N(CC1CC1)c1ccc(-c2ccc(C(=O)NCCc3ccoc3)cn2)cc1Cl. The van der Waals surface area contributed by atoms with Gasteiger partial charge >= 0.3 is 0 Å². The number of rotatable bonds is 8. The fraction of sp³-hybridized carbons (Fsp3) is 0.292. The van der Waals surface area contributed by atoms with Gasteiger partial charge in [-0.3, -0.25) is 14.6 Å². The molecule has 1 fully saturated rings. The molecule has 6 nitrogen and oxygen atoms in total. The van der Waals surface area contributed by atoms with E-state index in [-0.39, 0.29) is 11.8 Å². The Labute approximate surface area is 186 Å². The fourth-order valence-electron chi connectivity index (χ4n) is 3.40. The molecule has 4 rings (SSSR count). The van der Waals surface area contributed by atoms with Crippen molar-refractivity contribution in [3.05, 3.63) is 71.3 Å². The van der Waals surface area contributed by atoms with Crippen LogP contribution in [0, 0.1) is 5.92 Å². The largest absolute Gasteiger partial charge is 0.472 e. The van der Waals surface area contributed by atoms with Crippen molar-refractivity contribution >= 4 is 29.1 Å². The number of benzene rings is 1. The van der Waals surface area contributed by atoms with Crippen molar-refractivity contribution in [3.63, 3.8) is 0 Å². The van der Waals surface area contributed by atoms with Gasteiger partial charge in [-0.25, -0.2) is 0 Å². The van der Waals surface area contributed by atoms with E-state index in [9.17, 15) is 9.59 Å². The van der Waals surface area contributed by atoms with Crippen LogP contribution < -0.4 is 10.2 Å². The van der Waals surface area contributed by atoms with Gasteiger partial charge in [-0.1, -0.05) is 17.7 Å². The Morgan fingerprint density at radius 1 is 1.23 bits per heavy atom. The van der Waals surface area contributed by atoms with Crippen molar-refractivity contribution in [1.82, 2.24) is 10.3 Å². The first-order valence-corrected chi connectivity index (χ1v) is 10.7. The third-order valence-corrected chi connectivity index (χ3v) is 5.66. The summed E-state index contributed by atoms with van der Waals surface area (Å²) in [6.07, 6.45) is 7.86. The molecule has 1 saturated carbocycles. The number of hydrogen-bond donors (Lipinski definition) is 1. The van der Waals surface area contributed by atoms with E-state index in [1.54, 1.807) is 42.7 Å². The molecular formula is C24H24ClN3O3. The van der Waals surface area contributed by atoms with Gasteiger partial charge in [-0.2, -0.15) is 0 Å². The maximum Gasteiger partial charge on any atom is 0.252 e. The van der Waals surface area contributed by atoms with Crippen LogP contribution in [0.15, 0.2) is 59.5 Å². The second-order valence-corrected chi connectivity index (χ2v) is 8.22. The maximum absolute atomic E-state index is 12.3. The van der Waals surface area contributed by atoms with Crippen LogP contribution >= 0.6 is 11.6 Å². The number of carbonyl (C=O) groups excluding carboxylic acids is 2. The molecule has 0 aliphatic heterocycles. The molecule has 7 heteroatoms. The van der Waals surface area contributed by atoms with E-state index in [1.807, 2.05) is 24.3 Å². The van der Waals surface area contributed by atoms with Crippen LogP contribution in [-0.4, -0.2) is 29.9 Å². The predicted molar refractivity (Wildman–Crippen MR) is 120 cm³/mol. The second kappa shape index (κ2) is 9.35. The summed E-state index contributed by atoms with van der Waals surface area (Å²) < 4.78 is 5.02. The first kappa shape index (κ1) is 21.1. The van der Waals surface area contributed by atoms with Gasteiger partial charge < -0.3 is 14.6 Å². The number of hydrogen-bond acceptors (Lipinski definition) is 4. The Balaban J connectivity index is 1.41. The van der Waals surface area contributed by atoms with Crippen LogP contribution in [0.2, 0.25) is 5.02 Å². The van der Waals surface area contributed by atoms with Crippen LogP contribution in [0.25, 0.3) is 11.3 Å². The number of carbonyl (C=O) groups is 2. The lowest BCUT2D eigenvalue weighted by Crippen LogP contribution is -2.30. The molecule has 0 atom stereocenters. The van der Waals surface area contributed by atoms with E-state index in [4.69, 9.17) is 16.0 Å². The molecule has 1 aromatic carbocycles. The van der Waals surface area contributed by atoms with E-state index in [1.165, 1.54) is 0 Å². The van der Waals surface area contributed by atoms with Crippen LogP contribution in [0.3, 0.4) is 0 Å². The predicted octanol–water partition coefficient (Wildman–Crippen LogP) is 4.73. The van der Waals surface area contributed by atoms with E-state index in [0.29, 0.717) is 41.7 Å². The van der Waals surface area contributed by atoms with E-state index in [2.05, 4.69) is 10.3 Å². The number of anilines is 1. The summed E-state index contributed by atoms with van der Waals surface area (Å²) >= 11 is 6.51. The molecule has 1 aliphatic rings. The minimum Gasteiger partial charge on any atom is -0.472 e. The van der Waals surface area contributed by atoms with Gasteiger partial charge in [-0.15, -0.1) is 0 Å². The highest BCUT2D eigenvalue weighted by molar-refractivity contribution is 6.34. The summed E-state index contributed by atoms with van der Waals surface area (Å²) in [4.78, 5) is 30.6. The Hall–Kier alpha value is -3.12. The lowest BCUT2D eigenvalue weighted by Gasteiger charge is -2.22. The molecule has 2 aromatic heterocycles. The average molecular weight is 438 g/mol. The van der Waals surface area contributed by atoms with Crippen LogP contribution in [0.5, 0.6) is 0 Å². The number of furan rings is 1. The number of amides is 2. The number of nitrogens with one attached hydrogen (secondary N) is 1. The second-order valence-electron chi connectivity index (χ2n) is 7.81. The van der Waals surface area contributed by atoms with Crippen molar-refractivity contribution < 1.29 is 14.0 Å². The summed E-state index contributed by atoms with van der Waals surface area (Å²) in [6.45, 7) is 2.79. The smallest absolute Gasteiger partial charge is 0.252 e. The highest BCUT2D eigenvalue weighted by atomic mass is 35.5. The normalized spacial score (nSPS) is 13.1. The lowest BCUT2D eigenvalue weighted by molar-refractivity contribution is -0.116. The van der Waals surface area contributed by atoms with Crippen molar-refractivity contribution in [2.45, 2.75) is 26.2 Å². The van der Waals surface area contributed by atoms with Crippen LogP contribution in [0.1, 0.15) is 35.7 Å². The zero-order chi connectivity index (χ0) is 21.8. The van der Waals surface area contributed by atoms with Gasteiger partial charge in [0.2, 0.25) is 5.91 Å². The van der Waals surface area contributed by atoms with Gasteiger partial charge in [0, 0.05) is 31.8 Å². The first-order chi connectivity index (χ1) is 15.0. The molecule has 0 unspecified atom stereocenters. The molecule has 160 valence electrons. The summed E-state index contributed by atoms with van der Waals surface area (Å²) in [6, 6.07) is 11.0. The van der Waals surface area contributed by atoms with E-state index >= 15 is 0 Å². The van der Waals surface area contributed by atoms with E-state index < -0.39 is 0 Å².